The minimum Gasteiger partial charge on any atom is -0.463 e. The number of carbonyl (C=O) groups excluding carboxylic acids is 1. The molecule has 6 heteroatoms. The van der Waals surface area contributed by atoms with Crippen LogP contribution in [-0.2, 0) is 18.8 Å². The summed E-state index contributed by atoms with van der Waals surface area (Å²) in [5, 5.41) is 3.06. The molecule has 0 amide bonds. The molecule has 1 rings (SSSR count). The van der Waals surface area contributed by atoms with Crippen molar-refractivity contribution in [3.8, 4) is 0 Å². The molecule has 1 heterocycles. The molecule has 0 atom stereocenters. The molecular formula is C14H26BNO4. The molecular weight excluding hydrogens is 257 g/mol. The minimum absolute atomic E-state index is 0.353. The van der Waals surface area contributed by atoms with Gasteiger partial charge in [-0.05, 0) is 60.1 Å². The van der Waals surface area contributed by atoms with Gasteiger partial charge in [-0.3, -0.25) is 0 Å². The Balaban J connectivity index is 2.87. The molecule has 5 nitrogen and oxygen atoms in total. The fourth-order valence-electron chi connectivity index (χ4n) is 1.86. The third kappa shape index (κ3) is 4.07. The fourth-order valence-corrected chi connectivity index (χ4v) is 1.86. The molecule has 0 aliphatic carbocycles. The number of nitrogens with one attached hydrogen (secondary N) is 1. The monoisotopic (exact) mass is 283 g/mol. The first kappa shape index (κ1) is 17.2. The normalized spacial score (nSPS) is 21.1. The zero-order valence-corrected chi connectivity index (χ0v) is 13.4. The van der Waals surface area contributed by atoms with Crippen LogP contribution in [0.5, 0.6) is 0 Å². The summed E-state index contributed by atoms with van der Waals surface area (Å²) in [5.74, 6) is -0.353. The molecule has 1 saturated heterocycles. The first-order valence-corrected chi connectivity index (χ1v) is 7.11. The standard InChI is InChI=1S/C14H26BNO4/c1-7-18-12(17)10-11(8-9-16-6)15-19-13(2,3)14(4,5)20-15/h10,16H,7-9H2,1-6H3/b11-10-. The van der Waals surface area contributed by atoms with E-state index < -0.39 is 18.3 Å². The van der Waals surface area contributed by atoms with Crippen molar-refractivity contribution in [2.24, 2.45) is 0 Å². The van der Waals surface area contributed by atoms with Crippen LogP contribution in [0.15, 0.2) is 11.5 Å². The molecule has 1 fully saturated rings. The highest BCUT2D eigenvalue weighted by molar-refractivity contribution is 6.55. The van der Waals surface area contributed by atoms with Crippen LogP contribution >= 0.6 is 0 Å². The second kappa shape index (κ2) is 6.74. The fraction of sp³-hybridized carbons (Fsp3) is 0.786. The van der Waals surface area contributed by atoms with Crippen molar-refractivity contribution >= 4 is 13.1 Å². The van der Waals surface area contributed by atoms with Gasteiger partial charge in [0.2, 0.25) is 0 Å². The Hall–Kier alpha value is -0.845. The Morgan fingerprint density at radius 2 is 1.80 bits per heavy atom. The predicted molar refractivity (Wildman–Crippen MR) is 79.3 cm³/mol. The number of rotatable bonds is 6. The summed E-state index contributed by atoms with van der Waals surface area (Å²) in [6, 6.07) is 0. The van der Waals surface area contributed by atoms with Crippen molar-refractivity contribution in [2.45, 2.75) is 52.2 Å². The van der Waals surface area contributed by atoms with Crippen LogP contribution in [0.4, 0.5) is 0 Å². The van der Waals surface area contributed by atoms with Gasteiger partial charge in [-0.25, -0.2) is 4.79 Å². The Labute approximate surface area is 122 Å². The molecule has 0 aromatic heterocycles. The molecule has 1 aliphatic heterocycles. The van der Waals surface area contributed by atoms with E-state index in [1.807, 2.05) is 34.7 Å². The number of hydrogen-bond donors (Lipinski definition) is 1. The number of carbonyl (C=O) groups is 1. The van der Waals surface area contributed by atoms with Gasteiger partial charge in [0.25, 0.3) is 0 Å². The van der Waals surface area contributed by atoms with Crippen LogP contribution in [-0.4, -0.2) is 44.5 Å². The highest BCUT2D eigenvalue weighted by Crippen LogP contribution is 2.38. The van der Waals surface area contributed by atoms with Crippen LogP contribution in [0.3, 0.4) is 0 Å². The molecule has 0 aromatic carbocycles. The maximum atomic E-state index is 11.7. The van der Waals surface area contributed by atoms with Gasteiger partial charge in [-0.15, -0.1) is 0 Å². The van der Waals surface area contributed by atoms with E-state index in [0.717, 1.165) is 12.0 Å². The van der Waals surface area contributed by atoms with Crippen molar-refractivity contribution in [1.82, 2.24) is 5.32 Å². The lowest BCUT2D eigenvalue weighted by atomic mass is 9.76. The van der Waals surface area contributed by atoms with Crippen LogP contribution in [0.25, 0.3) is 0 Å². The topological polar surface area (TPSA) is 56.8 Å². The summed E-state index contributed by atoms with van der Waals surface area (Å²) in [5.41, 5.74) is -0.0210. The van der Waals surface area contributed by atoms with Crippen molar-refractivity contribution < 1.29 is 18.8 Å². The summed E-state index contributed by atoms with van der Waals surface area (Å²) < 4.78 is 16.9. The molecule has 0 unspecified atom stereocenters. The largest absolute Gasteiger partial charge is 0.490 e. The maximum absolute atomic E-state index is 11.7. The smallest absolute Gasteiger partial charge is 0.463 e. The van der Waals surface area contributed by atoms with E-state index in [2.05, 4.69) is 5.32 Å². The molecule has 0 aromatic rings. The second-order valence-electron chi connectivity index (χ2n) is 5.91. The Kier molecular flexibility index (Phi) is 5.80. The van der Waals surface area contributed by atoms with Gasteiger partial charge < -0.3 is 19.4 Å². The van der Waals surface area contributed by atoms with Crippen molar-refractivity contribution in [1.29, 1.82) is 0 Å². The predicted octanol–water partition coefficient (Wildman–Crippen LogP) is 1.72. The second-order valence-corrected chi connectivity index (χ2v) is 5.91. The van der Waals surface area contributed by atoms with E-state index in [-0.39, 0.29) is 5.97 Å². The quantitative estimate of drug-likeness (QED) is 0.457. The highest BCUT2D eigenvalue weighted by atomic mass is 16.7. The first-order chi connectivity index (χ1) is 9.23. The molecule has 0 spiro atoms. The number of esters is 1. The van der Waals surface area contributed by atoms with Gasteiger partial charge in [0, 0.05) is 6.08 Å². The van der Waals surface area contributed by atoms with Crippen molar-refractivity contribution in [2.75, 3.05) is 20.2 Å². The Morgan fingerprint density at radius 1 is 1.25 bits per heavy atom. The minimum atomic E-state index is -0.502. The third-order valence-electron chi connectivity index (χ3n) is 3.81. The number of hydrogen-bond acceptors (Lipinski definition) is 5. The van der Waals surface area contributed by atoms with E-state index in [0.29, 0.717) is 13.0 Å². The third-order valence-corrected chi connectivity index (χ3v) is 3.81. The number of ether oxygens (including phenoxy) is 1. The SMILES string of the molecule is CCOC(=O)/C=C(/CCNC)B1OC(C)(C)C(C)(C)O1. The average molecular weight is 283 g/mol. The van der Waals surface area contributed by atoms with Crippen LogP contribution in [0.2, 0.25) is 0 Å². The van der Waals surface area contributed by atoms with Gasteiger partial charge in [-0.1, -0.05) is 0 Å². The molecule has 0 saturated carbocycles. The van der Waals surface area contributed by atoms with Crippen LogP contribution < -0.4 is 5.32 Å². The van der Waals surface area contributed by atoms with E-state index in [4.69, 9.17) is 14.0 Å². The molecule has 0 bridgehead atoms. The summed E-state index contributed by atoms with van der Waals surface area (Å²) >= 11 is 0. The van der Waals surface area contributed by atoms with E-state index >= 15 is 0 Å². The lowest BCUT2D eigenvalue weighted by molar-refractivity contribution is -0.137. The van der Waals surface area contributed by atoms with E-state index in [1.54, 1.807) is 6.92 Å². The average Bonchev–Trinajstić information content (AvgIpc) is 2.54. The van der Waals surface area contributed by atoms with Gasteiger partial charge >= 0.3 is 13.1 Å². The Bertz CT molecular complexity index is 363. The lowest BCUT2D eigenvalue weighted by Crippen LogP contribution is -2.41. The van der Waals surface area contributed by atoms with E-state index in [9.17, 15) is 4.79 Å². The lowest BCUT2D eigenvalue weighted by Gasteiger charge is -2.32. The summed E-state index contributed by atoms with van der Waals surface area (Å²) in [6.07, 6.45) is 2.16. The van der Waals surface area contributed by atoms with E-state index in [1.165, 1.54) is 6.08 Å². The van der Waals surface area contributed by atoms with Crippen LogP contribution in [0.1, 0.15) is 41.0 Å². The molecule has 20 heavy (non-hydrogen) atoms. The maximum Gasteiger partial charge on any atom is 0.490 e. The molecule has 0 radical (unpaired) electrons. The summed E-state index contributed by atoms with van der Waals surface area (Å²) in [4.78, 5) is 11.7. The highest BCUT2D eigenvalue weighted by Gasteiger charge is 2.52. The van der Waals surface area contributed by atoms with Crippen molar-refractivity contribution in [3.05, 3.63) is 11.5 Å². The molecule has 1 N–H and O–H groups in total. The summed E-state index contributed by atoms with van der Waals surface area (Å²) in [7, 11) is 1.37. The molecule has 1 aliphatic rings. The van der Waals surface area contributed by atoms with Crippen LogP contribution in [0, 0.1) is 0 Å². The van der Waals surface area contributed by atoms with Gasteiger partial charge in [0.15, 0.2) is 0 Å². The first-order valence-electron chi connectivity index (χ1n) is 7.11. The zero-order valence-electron chi connectivity index (χ0n) is 13.4. The van der Waals surface area contributed by atoms with Gasteiger partial charge in [0.1, 0.15) is 0 Å². The Morgan fingerprint density at radius 3 is 2.25 bits per heavy atom. The van der Waals surface area contributed by atoms with Crippen molar-refractivity contribution in [3.63, 3.8) is 0 Å². The zero-order chi connectivity index (χ0) is 15.4. The summed E-state index contributed by atoms with van der Waals surface area (Å²) in [6.45, 7) is 10.9. The molecule has 114 valence electrons. The van der Waals surface area contributed by atoms with Gasteiger partial charge in [0.05, 0.1) is 17.8 Å². The van der Waals surface area contributed by atoms with Gasteiger partial charge in [-0.2, -0.15) is 0 Å².